The minimum atomic E-state index is -1.07. The summed E-state index contributed by atoms with van der Waals surface area (Å²) in [5, 5.41) is 11.8. The smallest absolute Gasteiger partial charge is 0.337 e. The molecule has 0 spiro atoms. The van der Waals surface area contributed by atoms with E-state index in [0.29, 0.717) is 23.0 Å². The van der Waals surface area contributed by atoms with E-state index in [9.17, 15) is 9.59 Å². The number of rotatable bonds is 5. The normalized spacial score (nSPS) is 10.1. The van der Waals surface area contributed by atoms with Crippen LogP contribution in [0.1, 0.15) is 22.3 Å². The average Bonchev–Trinajstić information content (AvgIpc) is 2.48. The molecule has 21 heavy (non-hydrogen) atoms. The lowest BCUT2D eigenvalue weighted by Gasteiger charge is -2.10. The average molecular weight is 348 g/mol. The number of nitrogens with one attached hydrogen (secondary N) is 1. The van der Waals surface area contributed by atoms with Gasteiger partial charge in [-0.05, 0) is 40.0 Å². The van der Waals surface area contributed by atoms with E-state index in [-0.39, 0.29) is 11.5 Å². The molecule has 2 aromatic carbocycles. The molecule has 0 fully saturated rings. The number of carbonyl (C=O) groups is 2. The van der Waals surface area contributed by atoms with Gasteiger partial charge in [-0.25, -0.2) is 4.79 Å². The zero-order valence-electron chi connectivity index (χ0n) is 11.2. The van der Waals surface area contributed by atoms with E-state index in [2.05, 4.69) is 21.2 Å². The van der Waals surface area contributed by atoms with Crippen molar-refractivity contribution in [1.29, 1.82) is 0 Å². The summed E-state index contributed by atoms with van der Waals surface area (Å²) in [6, 6.07) is 14.4. The predicted octanol–water partition coefficient (Wildman–Crippen LogP) is 3.72. The summed E-state index contributed by atoms with van der Waals surface area (Å²) >= 11 is 3.26. The van der Waals surface area contributed by atoms with E-state index in [1.165, 1.54) is 6.07 Å². The molecule has 2 aromatic rings. The van der Waals surface area contributed by atoms with Crippen molar-refractivity contribution in [2.75, 3.05) is 5.32 Å². The Morgan fingerprint density at radius 3 is 2.43 bits per heavy atom. The molecule has 0 saturated carbocycles. The Kier molecular flexibility index (Phi) is 5.11. The Morgan fingerprint density at radius 2 is 1.76 bits per heavy atom. The van der Waals surface area contributed by atoms with Crippen molar-refractivity contribution in [3.05, 3.63) is 64.1 Å². The van der Waals surface area contributed by atoms with Gasteiger partial charge in [0, 0.05) is 10.9 Å². The number of carboxylic acid groups (broad SMARTS) is 1. The second-order valence-corrected chi connectivity index (χ2v) is 5.36. The molecule has 0 unspecified atom stereocenters. The highest BCUT2D eigenvalue weighted by Crippen LogP contribution is 2.26. The lowest BCUT2D eigenvalue weighted by Crippen LogP contribution is -2.15. The fourth-order valence-electron chi connectivity index (χ4n) is 1.93. The first-order valence-corrected chi connectivity index (χ1v) is 7.23. The van der Waals surface area contributed by atoms with Gasteiger partial charge in [0.05, 0.1) is 11.3 Å². The predicted molar refractivity (Wildman–Crippen MR) is 84.5 cm³/mol. The van der Waals surface area contributed by atoms with Crippen LogP contribution in [-0.4, -0.2) is 17.0 Å². The molecule has 1 amide bonds. The first kappa shape index (κ1) is 15.3. The van der Waals surface area contributed by atoms with Crippen LogP contribution in [0.3, 0.4) is 0 Å². The summed E-state index contributed by atoms with van der Waals surface area (Å²) < 4.78 is 0.551. The van der Waals surface area contributed by atoms with Crippen LogP contribution >= 0.6 is 15.9 Å². The monoisotopic (exact) mass is 347 g/mol. The third kappa shape index (κ3) is 4.16. The minimum absolute atomic E-state index is 0.0671. The Balaban J connectivity index is 2.05. The lowest BCUT2D eigenvalue weighted by molar-refractivity contribution is -0.116. The molecule has 0 aromatic heterocycles. The van der Waals surface area contributed by atoms with Crippen LogP contribution in [0.2, 0.25) is 0 Å². The van der Waals surface area contributed by atoms with Crippen molar-refractivity contribution >= 4 is 33.5 Å². The number of para-hydroxylation sites is 1. The standard InChI is InChI=1S/C16H14BrNO3/c17-13-8-4-7-12(16(20)21)15(13)18-14(19)10-9-11-5-2-1-3-6-11/h1-8H,9-10H2,(H,18,19)(H,20,21). The molecule has 4 nitrogen and oxygen atoms in total. The Bertz CT molecular complexity index is 656. The summed E-state index contributed by atoms with van der Waals surface area (Å²) in [6.07, 6.45) is 0.907. The number of anilines is 1. The van der Waals surface area contributed by atoms with Crippen molar-refractivity contribution in [2.24, 2.45) is 0 Å². The van der Waals surface area contributed by atoms with E-state index in [1.807, 2.05) is 30.3 Å². The number of halogens is 1. The number of hydrogen-bond acceptors (Lipinski definition) is 2. The molecule has 0 aliphatic heterocycles. The molecule has 2 rings (SSSR count). The van der Waals surface area contributed by atoms with Gasteiger partial charge in [-0.1, -0.05) is 36.4 Å². The number of hydrogen-bond donors (Lipinski definition) is 2. The number of aryl methyl sites for hydroxylation is 1. The van der Waals surface area contributed by atoms with E-state index < -0.39 is 5.97 Å². The maximum Gasteiger partial charge on any atom is 0.337 e. The molecule has 0 aliphatic carbocycles. The molecule has 0 aliphatic rings. The van der Waals surface area contributed by atoms with Crippen LogP contribution in [0, 0.1) is 0 Å². The third-order valence-electron chi connectivity index (χ3n) is 2.99. The highest BCUT2D eigenvalue weighted by Gasteiger charge is 2.15. The Morgan fingerprint density at radius 1 is 1.05 bits per heavy atom. The van der Waals surface area contributed by atoms with Crippen LogP contribution in [-0.2, 0) is 11.2 Å². The molecule has 0 radical (unpaired) electrons. The number of carboxylic acids is 1. The van der Waals surface area contributed by atoms with Crippen molar-refractivity contribution in [3.63, 3.8) is 0 Å². The molecule has 108 valence electrons. The fourth-order valence-corrected chi connectivity index (χ4v) is 2.40. The van der Waals surface area contributed by atoms with Crippen LogP contribution < -0.4 is 5.32 Å². The van der Waals surface area contributed by atoms with Crippen LogP contribution in [0.25, 0.3) is 0 Å². The number of benzene rings is 2. The van der Waals surface area contributed by atoms with Crippen LogP contribution in [0.4, 0.5) is 5.69 Å². The Labute approximate surface area is 130 Å². The zero-order valence-corrected chi connectivity index (χ0v) is 12.8. The van der Waals surface area contributed by atoms with Gasteiger partial charge >= 0.3 is 5.97 Å². The van der Waals surface area contributed by atoms with Gasteiger partial charge in [0.15, 0.2) is 0 Å². The third-order valence-corrected chi connectivity index (χ3v) is 3.65. The van der Waals surface area contributed by atoms with Gasteiger partial charge in [-0.3, -0.25) is 4.79 Å². The first-order valence-electron chi connectivity index (χ1n) is 6.43. The maximum atomic E-state index is 12.0. The molecule has 0 atom stereocenters. The van der Waals surface area contributed by atoms with E-state index >= 15 is 0 Å². The van der Waals surface area contributed by atoms with Gasteiger partial charge in [0.1, 0.15) is 0 Å². The first-order chi connectivity index (χ1) is 10.1. The number of amides is 1. The zero-order chi connectivity index (χ0) is 15.2. The molecule has 0 heterocycles. The SMILES string of the molecule is O=C(CCc1ccccc1)Nc1c(Br)cccc1C(=O)O. The topological polar surface area (TPSA) is 66.4 Å². The number of carbonyl (C=O) groups excluding carboxylic acids is 1. The van der Waals surface area contributed by atoms with Crippen LogP contribution in [0.5, 0.6) is 0 Å². The number of aromatic carboxylic acids is 1. The van der Waals surface area contributed by atoms with Crippen molar-refractivity contribution in [1.82, 2.24) is 0 Å². The quantitative estimate of drug-likeness (QED) is 0.866. The Hall–Kier alpha value is -2.14. The van der Waals surface area contributed by atoms with Gasteiger partial charge in [-0.15, -0.1) is 0 Å². The molecule has 2 N–H and O–H groups in total. The van der Waals surface area contributed by atoms with Gasteiger partial charge in [0.25, 0.3) is 0 Å². The highest BCUT2D eigenvalue weighted by atomic mass is 79.9. The van der Waals surface area contributed by atoms with Gasteiger partial charge in [0.2, 0.25) is 5.91 Å². The van der Waals surface area contributed by atoms with E-state index in [1.54, 1.807) is 12.1 Å². The summed E-state index contributed by atoms with van der Waals surface area (Å²) in [5.74, 6) is -1.29. The highest BCUT2D eigenvalue weighted by molar-refractivity contribution is 9.10. The lowest BCUT2D eigenvalue weighted by atomic mass is 10.1. The second-order valence-electron chi connectivity index (χ2n) is 4.50. The molecule has 5 heteroatoms. The molecule has 0 saturated heterocycles. The second kappa shape index (κ2) is 7.04. The van der Waals surface area contributed by atoms with Crippen molar-refractivity contribution < 1.29 is 14.7 Å². The largest absolute Gasteiger partial charge is 0.478 e. The van der Waals surface area contributed by atoms with E-state index in [0.717, 1.165) is 5.56 Å². The summed E-state index contributed by atoms with van der Waals surface area (Å²) in [7, 11) is 0. The van der Waals surface area contributed by atoms with Gasteiger partial charge < -0.3 is 10.4 Å². The maximum absolute atomic E-state index is 12.0. The van der Waals surface area contributed by atoms with Crippen molar-refractivity contribution in [3.8, 4) is 0 Å². The van der Waals surface area contributed by atoms with Crippen LogP contribution in [0.15, 0.2) is 53.0 Å². The van der Waals surface area contributed by atoms with Gasteiger partial charge in [-0.2, -0.15) is 0 Å². The summed E-state index contributed by atoms with van der Waals surface area (Å²) in [4.78, 5) is 23.2. The molecule has 0 bridgehead atoms. The summed E-state index contributed by atoms with van der Waals surface area (Å²) in [6.45, 7) is 0. The minimum Gasteiger partial charge on any atom is -0.478 e. The van der Waals surface area contributed by atoms with Crippen molar-refractivity contribution in [2.45, 2.75) is 12.8 Å². The summed E-state index contributed by atoms with van der Waals surface area (Å²) in [5.41, 5.74) is 1.43. The molecular formula is C16H14BrNO3. The molecular weight excluding hydrogens is 334 g/mol. The fraction of sp³-hybridized carbons (Fsp3) is 0.125. The van der Waals surface area contributed by atoms with E-state index in [4.69, 9.17) is 5.11 Å².